The topological polar surface area (TPSA) is 64.1 Å². The molecule has 1 N–H and O–H groups in total. The fraction of sp³-hybridized carbons (Fsp3) is 0.421. The monoisotopic (exact) mass is 327 g/mol. The molecular weight excluding hydrogens is 302 g/mol. The van der Waals surface area contributed by atoms with E-state index in [0.29, 0.717) is 18.0 Å². The lowest BCUT2D eigenvalue weighted by Gasteiger charge is -2.10. The van der Waals surface area contributed by atoms with Crippen molar-refractivity contribution in [1.29, 1.82) is 0 Å². The Morgan fingerprint density at radius 3 is 2.58 bits per heavy atom. The highest BCUT2D eigenvalue weighted by Crippen LogP contribution is 2.24. The third-order valence-corrected chi connectivity index (χ3v) is 3.74. The first kappa shape index (κ1) is 17.9. The Balaban J connectivity index is 1.80. The molecule has 0 aliphatic rings. The molecule has 0 fully saturated rings. The lowest BCUT2D eigenvalue weighted by atomic mass is 10.1. The minimum atomic E-state index is -0.450. The summed E-state index contributed by atoms with van der Waals surface area (Å²) in [6.07, 6.45) is 8.07. The van der Waals surface area contributed by atoms with Crippen molar-refractivity contribution >= 4 is 11.8 Å². The molecule has 0 saturated heterocycles. The summed E-state index contributed by atoms with van der Waals surface area (Å²) in [7, 11) is 0. The summed E-state index contributed by atoms with van der Waals surface area (Å²) >= 11 is 0. The van der Waals surface area contributed by atoms with Crippen molar-refractivity contribution in [3.63, 3.8) is 0 Å². The Hall–Kier alpha value is -2.43. The molecule has 128 valence electrons. The van der Waals surface area contributed by atoms with Crippen molar-refractivity contribution in [1.82, 2.24) is 10.2 Å². The lowest BCUT2D eigenvalue weighted by Crippen LogP contribution is -2.15. The van der Waals surface area contributed by atoms with E-state index in [0.717, 1.165) is 18.4 Å². The summed E-state index contributed by atoms with van der Waals surface area (Å²) in [4.78, 5) is 11.9. The van der Waals surface area contributed by atoms with E-state index in [1.165, 1.54) is 25.7 Å². The van der Waals surface area contributed by atoms with Gasteiger partial charge in [0.2, 0.25) is 0 Å². The van der Waals surface area contributed by atoms with Gasteiger partial charge in [0.05, 0.1) is 18.5 Å². The second-order valence-corrected chi connectivity index (χ2v) is 5.69. The van der Waals surface area contributed by atoms with E-state index < -0.39 is 6.09 Å². The normalized spacial score (nSPS) is 10.4. The predicted octanol–water partition coefficient (Wildman–Crippen LogP) is 5.05. The second kappa shape index (κ2) is 10.4. The standard InChI is InChI=1S/C19H25N3O2/c1-2-3-4-5-6-10-15-24-19(23)21-17-13-14-20-22-18(17)16-11-8-7-9-12-16/h7-9,11-14H,2-6,10,15H2,1H3,(H,20,21,23). The van der Waals surface area contributed by atoms with Gasteiger partial charge < -0.3 is 4.74 Å². The van der Waals surface area contributed by atoms with Crippen molar-refractivity contribution in [2.45, 2.75) is 45.4 Å². The summed E-state index contributed by atoms with van der Waals surface area (Å²) in [5.41, 5.74) is 2.13. The Kier molecular flexibility index (Phi) is 7.74. The molecule has 0 unspecified atom stereocenters. The largest absolute Gasteiger partial charge is 0.449 e. The van der Waals surface area contributed by atoms with E-state index in [-0.39, 0.29) is 0 Å². The zero-order valence-corrected chi connectivity index (χ0v) is 14.2. The van der Waals surface area contributed by atoms with E-state index in [1.54, 1.807) is 12.3 Å². The fourth-order valence-electron chi connectivity index (χ4n) is 2.44. The van der Waals surface area contributed by atoms with Gasteiger partial charge in [-0.2, -0.15) is 5.10 Å². The number of unbranched alkanes of at least 4 members (excludes halogenated alkanes) is 5. The molecule has 0 aliphatic heterocycles. The van der Waals surface area contributed by atoms with E-state index in [2.05, 4.69) is 22.4 Å². The molecule has 1 aromatic carbocycles. The van der Waals surface area contributed by atoms with Gasteiger partial charge in [0.15, 0.2) is 0 Å². The van der Waals surface area contributed by atoms with Crippen molar-refractivity contribution in [3.8, 4) is 11.3 Å². The first-order chi connectivity index (χ1) is 11.8. The number of hydrogen-bond acceptors (Lipinski definition) is 4. The number of nitrogens with zero attached hydrogens (tertiary/aromatic N) is 2. The van der Waals surface area contributed by atoms with Crippen molar-refractivity contribution < 1.29 is 9.53 Å². The lowest BCUT2D eigenvalue weighted by molar-refractivity contribution is 0.159. The van der Waals surface area contributed by atoms with E-state index in [1.807, 2.05) is 30.3 Å². The molecule has 1 amide bonds. The molecule has 1 aromatic heterocycles. The van der Waals surface area contributed by atoms with Gasteiger partial charge >= 0.3 is 6.09 Å². The Bertz CT molecular complexity index is 617. The molecule has 0 bridgehead atoms. The van der Waals surface area contributed by atoms with Crippen LogP contribution in [0.25, 0.3) is 11.3 Å². The highest BCUT2D eigenvalue weighted by molar-refractivity contribution is 5.89. The van der Waals surface area contributed by atoms with Crippen LogP contribution in [0.5, 0.6) is 0 Å². The molecule has 1 heterocycles. The highest BCUT2D eigenvalue weighted by atomic mass is 16.5. The molecule has 24 heavy (non-hydrogen) atoms. The van der Waals surface area contributed by atoms with Crippen LogP contribution in [0.15, 0.2) is 42.6 Å². The summed E-state index contributed by atoms with van der Waals surface area (Å²) in [5.74, 6) is 0. The summed E-state index contributed by atoms with van der Waals surface area (Å²) in [6.45, 7) is 2.64. The fourth-order valence-corrected chi connectivity index (χ4v) is 2.44. The van der Waals surface area contributed by atoms with Crippen LogP contribution in [0.4, 0.5) is 10.5 Å². The van der Waals surface area contributed by atoms with Gasteiger partial charge in [-0.1, -0.05) is 69.4 Å². The number of aromatic nitrogens is 2. The molecular formula is C19H25N3O2. The van der Waals surface area contributed by atoms with Gasteiger partial charge in [0.1, 0.15) is 5.69 Å². The van der Waals surface area contributed by atoms with Gasteiger partial charge in [-0.25, -0.2) is 4.79 Å². The molecule has 0 radical (unpaired) electrons. The van der Waals surface area contributed by atoms with Crippen LogP contribution in [0.1, 0.15) is 45.4 Å². The quantitative estimate of drug-likeness (QED) is 0.654. The zero-order valence-electron chi connectivity index (χ0n) is 14.2. The van der Waals surface area contributed by atoms with Crippen LogP contribution in [-0.4, -0.2) is 22.9 Å². The summed E-state index contributed by atoms with van der Waals surface area (Å²) < 4.78 is 5.25. The van der Waals surface area contributed by atoms with E-state index >= 15 is 0 Å². The zero-order chi connectivity index (χ0) is 17.0. The smallest absolute Gasteiger partial charge is 0.411 e. The third-order valence-electron chi connectivity index (χ3n) is 3.74. The van der Waals surface area contributed by atoms with E-state index in [9.17, 15) is 4.79 Å². The maximum absolute atomic E-state index is 11.9. The number of rotatable bonds is 9. The van der Waals surface area contributed by atoms with Gasteiger partial charge in [-0.15, -0.1) is 5.10 Å². The molecule has 5 heteroatoms. The Morgan fingerprint density at radius 2 is 1.79 bits per heavy atom. The number of benzene rings is 1. The first-order valence-corrected chi connectivity index (χ1v) is 8.62. The SMILES string of the molecule is CCCCCCCCOC(=O)Nc1ccnnc1-c1ccccc1. The molecule has 0 spiro atoms. The van der Waals surface area contributed by atoms with Crippen molar-refractivity contribution in [2.24, 2.45) is 0 Å². The van der Waals surface area contributed by atoms with Crippen LogP contribution in [-0.2, 0) is 4.74 Å². The maximum atomic E-state index is 11.9. The Morgan fingerprint density at radius 1 is 1.04 bits per heavy atom. The highest BCUT2D eigenvalue weighted by Gasteiger charge is 2.10. The predicted molar refractivity (Wildman–Crippen MR) is 95.8 cm³/mol. The maximum Gasteiger partial charge on any atom is 0.411 e. The molecule has 5 nitrogen and oxygen atoms in total. The van der Waals surface area contributed by atoms with Crippen LogP contribution < -0.4 is 5.32 Å². The van der Waals surface area contributed by atoms with Crippen LogP contribution in [0.3, 0.4) is 0 Å². The van der Waals surface area contributed by atoms with Crippen LogP contribution in [0, 0.1) is 0 Å². The minimum Gasteiger partial charge on any atom is -0.449 e. The minimum absolute atomic E-state index is 0.442. The van der Waals surface area contributed by atoms with Gasteiger partial charge in [0.25, 0.3) is 0 Å². The number of anilines is 1. The number of carbonyl (C=O) groups is 1. The van der Waals surface area contributed by atoms with Crippen molar-refractivity contribution in [2.75, 3.05) is 11.9 Å². The van der Waals surface area contributed by atoms with Crippen LogP contribution in [0.2, 0.25) is 0 Å². The average molecular weight is 327 g/mol. The summed E-state index contributed by atoms with van der Waals surface area (Å²) in [5, 5.41) is 10.8. The molecule has 0 aliphatic carbocycles. The first-order valence-electron chi connectivity index (χ1n) is 8.62. The van der Waals surface area contributed by atoms with Gasteiger partial charge in [-0.3, -0.25) is 5.32 Å². The van der Waals surface area contributed by atoms with Gasteiger partial charge in [0, 0.05) is 5.56 Å². The number of ether oxygens (including phenoxy) is 1. The van der Waals surface area contributed by atoms with Gasteiger partial charge in [-0.05, 0) is 12.5 Å². The molecule has 2 rings (SSSR count). The number of hydrogen-bond donors (Lipinski definition) is 1. The third kappa shape index (κ3) is 5.99. The number of nitrogens with one attached hydrogen (secondary N) is 1. The second-order valence-electron chi connectivity index (χ2n) is 5.69. The Labute approximate surface area is 143 Å². The number of amides is 1. The average Bonchev–Trinajstić information content (AvgIpc) is 2.62. The molecule has 0 saturated carbocycles. The molecule has 2 aromatic rings. The van der Waals surface area contributed by atoms with Crippen molar-refractivity contribution in [3.05, 3.63) is 42.6 Å². The molecule has 0 atom stereocenters. The number of carbonyl (C=O) groups excluding carboxylic acids is 1. The van der Waals surface area contributed by atoms with Crippen LogP contribution >= 0.6 is 0 Å². The summed E-state index contributed by atoms with van der Waals surface area (Å²) in [6, 6.07) is 11.4. The van der Waals surface area contributed by atoms with E-state index in [4.69, 9.17) is 4.74 Å².